The Morgan fingerprint density at radius 2 is 2.35 bits per heavy atom. The molecule has 0 amide bonds. The zero-order chi connectivity index (χ0) is 12.1. The van der Waals surface area contributed by atoms with E-state index in [1.807, 2.05) is 0 Å². The van der Waals surface area contributed by atoms with Crippen LogP contribution in [-0.2, 0) is 6.54 Å². The molecule has 0 bridgehead atoms. The molecule has 0 atom stereocenters. The lowest BCUT2D eigenvalue weighted by Gasteiger charge is -2.05. The van der Waals surface area contributed by atoms with Gasteiger partial charge >= 0.3 is 5.69 Å². The van der Waals surface area contributed by atoms with Gasteiger partial charge in [0, 0.05) is 25.0 Å². The fourth-order valence-corrected chi connectivity index (χ4v) is 1.32. The first-order valence-corrected chi connectivity index (χ1v) is 4.95. The van der Waals surface area contributed by atoms with E-state index in [1.165, 1.54) is 18.3 Å². The van der Waals surface area contributed by atoms with Gasteiger partial charge in [-0.15, -0.1) is 5.10 Å². The van der Waals surface area contributed by atoms with Gasteiger partial charge in [0.05, 0.1) is 17.7 Å². The number of rotatable bonds is 5. The molecule has 8 nitrogen and oxygen atoms in total. The lowest BCUT2D eigenvalue weighted by molar-refractivity contribution is -0.384. The number of nitrogens with zero attached hydrogens (tertiary/aromatic N) is 5. The highest BCUT2D eigenvalue weighted by molar-refractivity contribution is 5.54. The van der Waals surface area contributed by atoms with Crippen molar-refractivity contribution in [2.45, 2.75) is 6.54 Å². The predicted molar refractivity (Wildman–Crippen MR) is 59.4 cm³/mol. The molecule has 0 spiro atoms. The summed E-state index contributed by atoms with van der Waals surface area (Å²) in [6.07, 6.45) is 4.79. The van der Waals surface area contributed by atoms with Crippen LogP contribution in [0.4, 0.5) is 11.5 Å². The lowest BCUT2D eigenvalue weighted by Crippen LogP contribution is -2.12. The average Bonchev–Trinajstić information content (AvgIpc) is 2.82. The molecule has 0 saturated carbocycles. The van der Waals surface area contributed by atoms with Crippen molar-refractivity contribution in [3.63, 3.8) is 0 Å². The van der Waals surface area contributed by atoms with E-state index in [0.717, 1.165) is 0 Å². The molecular weight excluding hydrogens is 224 g/mol. The van der Waals surface area contributed by atoms with Crippen molar-refractivity contribution in [3.8, 4) is 0 Å². The first kappa shape index (κ1) is 11.0. The van der Waals surface area contributed by atoms with Crippen molar-refractivity contribution in [3.05, 3.63) is 40.8 Å². The second kappa shape index (κ2) is 5.01. The van der Waals surface area contributed by atoms with E-state index in [2.05, 4.69) is 20.6 Å². The summed E-state index contributed by atoms with van der Waals surface area (Å²) < 4.78 is 1.63. The largest absolute Gasteiger partial charge is 0.362 e. The molecule has 0 aliphatic rings. The van der Waals surface area contributed by atoms with Crippen molar-refractivity contribution in [2.75, 3.05) is 11.9 Å². The van der Waals surface area contributed by atoms with Crippen molar-refractivity contribution in [1.29, 1.82) is 0 Å². The summed E-state index contributed by atoms with van der Waals surface area (Å²) in [5, 5.41) is 21.0. The van der Waals surface area contributed by atoms with E-state index in [9.17, 15) is 10.1 Å². The van der Waals surface area contributed by atoms with Crippen molar-refractivity contribution in [2.24, 2.45) is 0 Å². The van der Waals surface area contributed by atoms with Crippen molar-refractivity contribution < 1.29 is 4.92 Å². The van der Waals surface area contributed by atoms with E-state index >= 15 is 0 Å². The van der Waals surface area contributed by atoms with Crippen LogP contribution in [0.2, 0.25) is 0 Å². The SMILES string of the molecule is O=[N+]([O-])c1cccnc1NCCn1ccnn1. The van der Waals surface area contributed by atoms with Gasteiger partial charge in [0.1, 0.15) is 0 Å². The van der Waals surface area contributed by atoms with Crippen molar-refractivity contribution in [1.82, 2.24) is 20.0 Å². The Kier molecular flexibility index (Phi) is 3.24. The zero-order valence-corrected chi connectivity index (χ0v) is 8.85. The van der Waals surface area contributed by atoms with Crippen LogP contribution in [-0.4, -0.2) is 31.4 Å². The van der Waals surface area contributed by atoms with E-state index < -0.39 is 4.92 Å². The number of nitrogens with one attached hydrogen (secondary N) is 1. The summed E-state index contributed by atoms with van der Waals surface area (Å²) in [5.74, 6) is 0.262. The zero-order valence-electron chi connectivity index (χ0n) is 8.85. The molecule has 0 saturated heterocycles. The fourth-order valence-electron chi connectivity index (χ4n) is 1.32. The van der Waals surface area contributed by atoms with Crippen LogP contribution in [0.15, 0.2) is 30.7 Å². The highest BCUT2D eigenvalue weighted by atomic mass is 16.6. The second-order valence-corrected chi connectivity index (χ2v) is 3.22. The van der Waals surface area contributed by atoms with Crippen molar-refractivity contribution >= 4 is 11.5 Å². The third-order valence-corrected chi connectivity index (χ3v) is 2.09. The molecule has 2 aromatic heterocycles. The smallest absolute Gasteiger partial charge is 0.311 e. The maximum atomic E-state index is 10.7. The summed E-state index contributed by atoms with van der Waals surface area (Å²) in [4.78, 5) is 14.2. The number of nitro groups is 1. The molecular formula is C9H10N6O2. The minimum Gasteiger partial charge on any atom is -0.362 e. The standard InChI is InChI=1S/C9H10N6O2/c16-15(17)8-2-1-3-10-9(8)11-4-6-14-7-5-12-13-14/h1-3,5,7H,4,6H2,(H,10,11). The van der Waals surface area contributed by atoms with Gasteiger partial charge in [-0.1, -0.05) is 5.21 Å². The summed E-state index contributed by atoms with van der Waals surface area (Å²) >= 11 is 0. The van der Waals surface area contributed by atoms with Gasteiger partial charge in [0.25, 0.3) is 0 Å². The van der Waals surface area contributed by atoms with Gasteiger partial charge in [0.2, 0.25) is 5.82 Å². The van der Waals surface area contributed by atoms with Gasteiger partial charge in [-0.3, -0.25) is 14.8 Å². The minimum absolute atomic E-state index is 0.0360. The third-order valence-electron chi connectivity index (χ3n) is 2.09. The molecule has 0 unspecified atom stereocenters. The van der Waals surface area contributed by atoms with Crippen LogP contribution in [0, 0.1) is 10.1 Å². The normalized spacial score (nSPS) is 10.1. The summed E-state index contributed by atoms with van der Waals surface area (Å²) in [6.45, 7) is 1.05. The Morgan fingerprint density at radius 1 is 1.47 bits per heavy atom. The van der Waals surface area contributed by atoms with Crippen LogP contribution in [0.5, 0.6) is 0 Å². The topological polar surface area (TPSA) is 98.8 Å². The first-order valence-electron chi connectivity index (χ1n) is 4.95. The maximum absolute atomic E-state index is 10.7. The third kappa shape index (κ3) is 2.74. The summed E-state index contributed by atoms with van der Waals surface area (Å²) in [5.41, 5.74) is -0.0360. The first-order chi connectivity index (χ1) is 8.27. The number of anilines is 1. The minimum atomic E-state index is -0.467. The Bertz CT molecular complexity index is 498. The van der Waals surface area contributed by atoms with Gasteiger partial charge in [-0.05, 0) is 6.07 Å². The molecule has 0 aliphatic carbocycles. The van der Waals surface area contributed by atoms with Gasteiger partial charge in [0.15, 0.2) is 0 Å². The monoisotopic (exact) mass is 234 g/mol. The Labute approximate surface area is 96.4 Å². The van der Waals surface area contributed by atoms with Crippen LogP contribution in [0.1, 0.15) is 0 Å². The van der Waals surface area contributed by atoms with E-state index in [-0.39, 0.29) is 11.5 Å². The molecule has 1 N–H and O–H groups in total. The molecule has 17 heavy (non-hydrogen) atoms. The van der Waals surface area contributed by atoms with Gasteiger partial charge in [-0.25, -0.2) is 4.98 Å². The molecule has 0 fully saturated rings. The molecule has 0 radical (unpaired) electrons. The maximum Gasteiger partial charge on any atom is 0.311 e. The fraction of sp³-hybridized carbons (Fsp3) is 0.222. The molecule has 2 heterocycles. The highest BCUT2D eigenvalue weighted by Crippen LogP contribution is 2.19. The number of hydrogen-bond acceptors (Lipinski definition) is 6. The van der Waals surface area contributed by atoms with E-state index in [0.29, 0.717) is 13.1 Å². The lowest BCUT2D eigenvalue weighted by atomic mass is 10.4. The average molecular weight is 234 g/mol. The Balaban J connectivity index is 1.97. The Hall–Kier alpha value is -2.51. The Morgan fingerprint density at radius 3 is 3.06 bits per heavy atom. The number of hydrogen-bond donors (Lipinski definition) is 1. The molecule has 2 aromatic rings. The number of pyridine rings is 1. The van der Waals surface area contributed by atoms with Gasteiger partial charge < -0.3 is 5.32 Å². The summed E-state index contributed by atoms with van der Waals surface area (Å²) in [6, 6.07) is 2.94. The van der Waals surface area contributed by atoms with Crippen LogP contribution in [0.3, 0.4) is 0 Å². The highest BCUT2D eigenvalue weighted by Gasteiger charge is 2.12. The number of aromatic nitrogens is 4. The van der Waals surface area contributed by atoms with E-state index in [1.54, 1.807) is 17.1 Å². The molecule has 88 valence electrons. The van der Waals surface area contributed by atoms with Crippen LogP contribution < -0.4 is 5.32 Å². The van der Waals surface area contributed by atoms with E-state index in [4.69, 9.17) is 0 Å². The second-order valence-electron chi connectivity index (χ2n) is 3.22. The molecule has 8 heteroatoms. The van der Waals surface area contributed by atoms with Crippen LogP contribution >= 0.6 is 0 Å². The molecule has 0 aliphatic heterocycles. The van der Waals surface area contributed by atoms with Gasteiger partial charge in [-0.2, -0.15) is 0 Å². The molecule has 0 aromatic carbocycles. The predicted octanol–water partition coefficient (Wildman–Crippen LogP) is 0.693. The van der Waals surface area contributed by atoms with Crippen LogP contribution in [0.25, 0.3) is 0 Å². The summed E-state index contributed by atoms with van der Waals surface area (Å²) in [7, 11) is 0. The quantitative estimate of drug-likeness (QED) is 0.603. The molecule has 2 rings (SSSR count).